The van der Waals surface area contributed by atoms with E-state index >= 15 is 0 Å². The largest absolute Gasteiger partial charge is 0.481 e. The number of carbonyl (C=O) groups is 3. The number of carboxylic acid groups (broad SMARTS) is 2. The number of carbonyl (C=O) groups excluding carboxylic acids is 1. The summed E-state index contributed by atoms with van der Waals surface area (Å²) in [6.07, 6.45) is -0.798. The quantitative estimate of drug-likeness (QED) is 0.752. The summed E-state index contributed by atoms with van der Waals surface area (Å²) in [6, 6.07) is 2.18. The van der Waals surface area contributed by atoms with Gasteiger partial charge in [-0.3, -0.25) is 9.59 Å². The van der Waals surface area contributed by atoms with E-state index in [-0.39, 0.29) is 10.0 Å². The highest BCUT2D eigenvalue weighted by atomic mass is 79.9. The lowest BCUT2D eigenvalue weighted by atomic mass is 10.1. The van der Waals surface area contributed by atoms with E-state index in [4.69, 9.17) is 10.2 Å². The van der Waals surface area contributed by atoms with Gasteiger partial charge in [0.15, 0.2) is 0 Å². The first kappa shape index (κ1) is 15.1. The molecule has 1 aromatic carbocycles. The zero-order valence-corrected chi connectivity index (χ0v) is 11.0. The third kappa shape index (κ3) is 4.02. The molecule has 0 saturated heterocycles. The number of hydrogen-bond donors (Lipinski definition) is 3. The molecule has 0 bridgehead atoms. The Morgan fingerprint density at radius 2 is 1.95 bits per heavy atom. The fraction of sp³-hybridized carbons (Fsp3) is 0.182. The van der Waals surface area contributed by atoms with Gasteiger partial charge in [0.25, 0.3) is 5.91 Å². The topological polar surface area (TPSA) is 104 Å². The van der Waals surface area contributed by atoms with Crippen LogP contribution < -0.4 is 5.32 Å². The minimum atomic E-state index is -1.63. The van der Waals surface area contributed by atoms with Crippen LogP contribution in [0, 0.1) is 5.82 Å². The molecular formula is C11H9BrFNO5. The number of nitrogens with one attached hydrogen (secondary N) is 1. The molecule has 3 N–H and O–H groups in total. The van der Waals surface area contributed by atoms with Gasteiger partial charge in [-0.25, -0.2) is 9.18 Å². The second-order valence-corrected chi connectivity index (χ2v) is 4.41. The van der Waals surface area contributed by atoms with Crippen LogP contribution in [0.2, 0.25) is 0 Å². The number of carboxylic acids is 2. The summed E-state index contributed by atoms with van der Waals surface area (Å²) in [7, 11) is 0. The molecule has 0 unspecified atom stereocenters. The van der Waals surface area contributed by atoms with Gasteiger partial charge < -0.3 is 15.5 Å². The lowest BCUT2D eigenvalue weighted by Crippen LogP contribution is -2.42. The smallest absolute Gasteiger partial charge is 0.326 e. The second kappa shape index (κ2) is 6.28. The third-order valence-corrected chi connectivity index (χ3v) is 2.83. The van der Waals surface area contributed by atoms with Crippen LogP contribution in [-0.2, 0) is 9.59 Å². The fourth-order valence-corrected chi connectivity index (χ4v) is 1.84. The minimum Gasteiger partial charge on any atom is -0.481 e. The molecule has 1 rings (SSSR count). The summed E-state index contributed by atoms with van der Waals surface area (Å²) in [5.74, 6) is -4.74. The van der Waals surface area contributed by atoms with Crippen LogP contribution >= 0.6 is 15.9 Å². The highest BCUT2D eigenvalue weighted by molar-refractivity contribution is 9.10. The Hall–Kier alpha value is -1.96. The van der Waals surface area contributed by atoms with Gasteiger partial charge >= 0.3 is 11.9 Å². The van der Waals surface area contributed by atoms with Crippen LogP contribution in [0.25, 0.3) is 0 Å². The molecule has 0 aliphatic carbocycles. The minimum absolute atomic E-state index is 0.143. The molecule has 8 heteroatoms. The van der Waals surface area contributed by atoms with E-state index in [0.29, 0.717) is 0 Å². The van der Waals surface area contributed by atoms with E-state index in [0.717, 1.165) is 6.07 Å². The molecular weight excluding hydrogens is 325 g/mol. The maximum atomic E-state index is 13.5. The summed E-state index contributed by atoms with van der Waals surface area (Å²) in [4.78, 5) is 33.0. The standard InChI is InChI=1S/C11H9BrFNO5/c12-5-2-1-3-6(13)9(5)10(17)14-7(11(18)19)4-8(15)16/h1-3,7H,4H2,(H,14,17)(H,15,16)(H,18,19)/t7-/m0/s1. The molecule has 102 valence electrons. The SMILES string of the molecule is O=C(O)C[C@H](NC(=O)c1c(F)cccc1Br)C(=O)O. The fourth-order valence-electron chi connectivity index (χ4n) is 1.32. The van der Waals surface area contributed by atoms with Gasteiger partial charge in [-0.2, -0.15) is 0 Å². The van der Waals surface area contributed by atoms with E-state index in [1.807, 2.05) is 5.32 Å². The van der Waals surface area contributed by atoms with Gasteiger partial charge in [0.2, 0.25) is 0 Å². The summed E-state index contributed by atoms with van der Waals surface area (Å²) in [6.45, 7) is 0. The molecule has 0 aromatic heterocycles. The van der Waals surface area contributed by atoms with Gasteiger partial charge in [0.05, 0.1) is 12.0 Å². The number of aliphatic carboxylic acids is 2. The molecule has 0 radical (unpaired) electrons. The molecule has 1 atom stereocenters. The van der Waals surface area contributed by atoms with Crippen molar-refractivity contribution in [3.05, 3.63) is 34.1 Å². The highest BCUT2D eigenvalue weighted by Crippen LogP contribution is 2.19. The van der Waals surface area contributed by atoms with Crippen molar-refractivity contribution < 1.29 is 29.0 Å². The number of halogens is 2. The van der Waals surface area contributed by atoms with Gasteiger partial charge in [0.1, 0.15) is 11.9 Å². The normalized spacial score (nSPS) is 11.7. The Bertz CT molecular complexity index is 514. The molecule has 0 heterocycles. The van der Waals surface area contributed by atoms with Crippen molar-refractivity contribution in [3.8, 4) is 0 Å². The molecule has 6 nitrogen and oxygen atoms in total. The average Bonchev–Trinajstić information content (AvgIpc) is 2.27. The highest BCUT2D eigenvalue weighted by Gasteiger charge is 2.25. The van der Waals surface area contributed by atoms with Crippen molar-refractivity contribution >= 4 is 33.8 Å². The van der Waals surface area contributed by atoms with Crippen LogP contribution in [0.5, 0.6) is 0 Å². The first-order valence-corrected chi connectivity index (χ1v) is 5.81. The van der Waals surface area contributed by atoms with Crippen LogP contribution in [0.4, 0.5) is 4.39 Å². The van der Waals surface area contributed by atoms with Crippen LogP contribution in [-0.4, -0.2) is 34.1 Å². The maximum Gasteiger partial charge on any atom is 0.326 e. The zero-order valence-electron chi connectivity index (χ0n) is 9.39. The molecule has 0 saturated carbocycles. The average molecular weight is 334 g/mol. The number of hydrogen-bond acceptors (Lipinski definition) is 3. The molecule has 1 amide bonds. The Kier molecular flexibility index (Phi) is 4.99. The molecule has 19 heavy (non-hydrogen) atoms. The van der Waals surface area contributed by atoms with Gasteiger partial charge in [0, 0.05) is 4.47 Å². The Balaban J connectivity index is 2.94. The summed E-state index contributed by atoms with van der Waals surface area (Å²) in [5.41, 5.74) is -0.376. The predicted molar refractivity (Wildman–Crippen MR) is 65.2 cm³/mol. The van der Waals surface area contributed by atoms with Crippen LogP contribution in [0.15, 0.2) is 22.7 Å². The zero-order chi connectivity index (χ0) is 14.6. The first-order chi connectivity index (χ1) is 8.82. The number of amides is 1. The van der Waals surface area contributed by atoms with Gasteiger partial charge in [-0.15, -0.1) is 0 Å². The van der Waals surface area contributed by atoms with Crippen molar-refractivity contribution in [2.45, 2.75) is 12.5 Å². The lowest BCUT2D eigenvalue weighted by Gasteiger charge is -2.13. The van der Waals surface area contributed by atoms with E-state index in [1.165, 1.54) is 12.1 Å². The second-order valence-electron chi connectivity index (χ2n) is 3.56. The number of benzene rings is 1. The van der Waals surface area contributed by atoms with Gasteiger partial charge in [-0.05, 0) is 28.1 Å². The molecule has 0 aliphatic rings. The van der Waals surface area contributed by atoms with Crippen molar-refractivity contribution in [2.24, 2.45) is 0 Å². The van der Waals surface area contributed by atoms with Crippen molar-refractivity contribution in [3.63, 3.8) is 0 Å². The van der Waals surface area contributed by atoms with Crippen molar-refractivity contribution in [1.82, 2.24) is 5.32 Å². The Labute approximate surface area is 115 Å². The molecule has 0 spiro atoms. The number of rotatable bonds is 5. The van der Waals surface area contributed by atoms with E-state index < -0.39 is 36.1 Å². The first-order valence-electron chi connectivity index (χ1n) is 5.02. The van der Waals surface area contributed by atoms with Crippen LogP contribution in [0.1, 0.15) is 16.8 Å². The lowest BCUT2D eigenvalue weighted by molar-refractivity contribution is -0.145. The van der Waals surface area contributed by atoms with Crippen LogP contribution in [0.3, 0.4) is 0 Å². The van der Waals surface area contributed by atoms with E-state index in [1.54, 1.807) is 0 Å². The van der Waals surface area contributed by atoms with E-state index in [9.17, 15) is 18.8 Å². The molecule has 0 fully saturated rings. The monoisotopic (exact) mass is 333 g/mol. The van der Waals surface area contributed by atoms with E-state index in [2.05, 4.69) is 15.9 Å². The third-order valence-electron chi connectivity index (χ3n) is 2.17. The van der Waals surface area contributed by atoms with Crippen molar-refractivity contribution in [2.75, 3.05) is 0 Å². The summed E-state index contributed by atoms with van der Waals surface area (Å²) >= 11 is 2.96. The molecule has 0 aliphatic heterocycles. The predicted octanol–water partition coefficient (Wildman–Crippen LogP) is 1.25. The maximum absolute atomic E-state index is 13.5. The Morgan fingerprint density at radius 1 is 1.32 bits per heavy atom. The van der Waals surface area contributed by atoms with Crippen molar-refractivity contribution in [1.29, 1.82) is 0 Å². The molecule has 1 aromatic rings. The summed E-state index contributed by atoms with van der Waals surface area (Å²) < 4.78 is 13.6. The summed E-state index contributed by atoms with van der Waals surface area (Å²) in [5, 5.41) is 19.3. The Morgan fingerprint density at radius 3 is 2.42 bits per heavy atom. The van der Waals surface area contributed by atoms with Gasteiger partial charge in [-0.1, -0.05) is 6.07 Å².